The minimum atomic E-state index is -4.44. The van der Waals surface area contributed by atoms with Crippen LogP contribution in [0, 0.1) is 0 Å². The highest BCUT2D eigenvalue weighted by molar-refractivity contribution is 5.95. The number of rotatable bonds is 4. The van der Waals surface area contributed by atoms with Gasteiger partial charge in [0.1, 0.15) is 6.54 Å². The van der Waals surface area contributed by atoms with Gasteiger partial charge in [0.25, 0.3) is 0 Å². The third-order valence-corrected chi connectivity index (χ3v) is 6.38. The Bertz CT molecular complexity index is 1190. The first-order chi connectivity index (χ1) is 16.2. The van der Waals surface area contributed by atoms with Gasteiger partial charge >= 0.3 is 12.2 Å². The predicted molar refractivity (Wildman–Crippen MR) is 128 cm³/mol. The van der Waals surface area contributed by atoms with E-state index >= 15 is 0 Å². The third-order valence-electron chi connectivity index (χ3n) is 6.38. The van der Waals surface area contributed by atoms with Crippen LogP contribution in [0.3, 0.4) is 0 Å². The molecule has 2 fully saturated rings. The van der Waals surface area contributed by atoms with Gasteiger partial charge in [-0.25, -0.2) is 9.78 Å². The minimum Gasteiger partial charge on any atom is -0.342 e. The van der Waals surface area contributed by atoms with Gasteiger partial charge in [0.15, 0.2) is 0 Å². The van der Waals surface area contributed by atoms with E-state index in [2.05, 4.69) is 25.5 Å². The topological polar surface area (TPSA) is 93.4 Å². The van der Waals surface area contributed by atoms with E-state index in [9.17, 15) is 22.8 Å². The van der Waals surface area contributed by atoms with E-state index in [1.165, 1.54) is 17.0 Å². The van der Waals surface area contributed by atoms with E-state index in [1.54, 1.807) is 0 Å². The second-order valence-corrected chi connectivity index (χ2v) is 8.75. The Kier molecular flexibility index (Phi) is 6.54. The molecular formula is C23H24ClF3N6O2. The molecule has 0 unspecified atom stereocenters. The maximum absolute atomic E-state index is 12.7. The largest absolute Gasteiger partial charge is 0.416 e. The molecule has 1 spiro atoms. The zero-order valence-corrected chi connectivity index (χ0v) is 19.4. The van der Waals surface area contributed by atoms with E-state index < -0.39 is 23.2 Å². The van der Waals surface area contributed by atoms with Crippen LogP contribution >= 0.6 is 12.4 Å². The number of anilines is 2. The minimum absolute atomic E-state index is 0. The lowest BCUT2D eigenvalue weighted by molar-refractivity contribution is -0.137. The molecule has 3 N–H and O–H groups in total. The summed E-state index contributed by atoms with van der Waals surface area (Å²) in [6.07, 6.45) is -3.04. The number of carbonyl (C=O) groups excluding carboxylic acids is 2. The first kappa shape index (κ1) is 24.6. The Labute approximate surface area is 205 Å². The summed E-state index contributed by atoms with van der Waals surface area (Å²) in [5.74, 6) is 0.333. The van der Waals surface area contributed by atoms with Crippen molar-refractivity contribution in [1.82, 2.24) is 20.2 Å². The average molecular weight is 509 g/mol. The number of H-pyrrole nitrogens is 1. The highest BCUT2D eigenvalue weighted by atomic mass is 35.5. The van der Waals surface area contributed by atoms with Gasteiger partial charge in [-0.05, 0) is 49.2 Å². The quantitative estimate of drug-likeness (QED) is 0.496. The Hall–Kier alpha value is -3.47. The summed E-state index contributed by atoms with van der Waals surface area (Å²) in [6, 6.07) is 11.7. The molecule has 186 valence electrons. The summed E-state index contributed by atoms with van der Waals surface area (Å²) in [6.45, 7) is 1.61. The van der Waals surface area contributed by atoms with E-state index in [1.807, 2.05) is 24.3 Å². The van der Waals surface area contributed by atoms with Gasteiger partial charge in [0.2, 0.25) is 11.9 Å². The molecule has 0 saturated carbocycles. The maximum atomic E-state index is 12.7. The molecule has 2 aromatic carbocycles. The van der Waals surface area contributed by atoms with Gasteiger partial charge in [-0.2, -0.15) is 13.2 Å². The molecule has 3 amide bonds. The molecule has 2 aliphatic rings. The first-order valence-electron chi connectivity index (χ1n) is 10.9. The van der Waals surface area contributed by atoms with Crippen LogP contribution in [0.4, 0.5) is 29.6 Å². The molecule has 0 aliphatic carbocycles. The number of nitrogens with zero attached hydrogens (tertiary/aromatic N) is 3. The molecular weight excluding hydrogens is 485 g/mol. The summed E-state index contributed by atoms with van der Waals surface area (Å²) in [7, 11) is 0. The molecule has 2 aliphatic heterocycles. The van der Waals surface area contributed by atoms with Crippen molar-refractivity contribution in [2.24, 2.45) is 0 Å². The number of nitrogens with one attached hydrogen (secondary N) is 3. The fraction of sp³-hybridized carbons (Fsp3) is 0.348. The normalized spacial score (nSPS) is 17.4. The Balaban J connectivity index is 0.00000289. The van der Waals surface area contributed by atoms with Crippen LogP contribution in [0.5, 0.6) is 0 Å². The number of alkyl halides is 3. The summed E-state index contributed by atoms with van der Waals surface area (Å²) in [5, 5.41) is 5.59. The van der Waals surface area contributed by atoms with Gasteiger partial charge in [-0.1, -0.05) is 12.1 Å². The molecule has 35 heavy (non-hydrogen) atoms. The Morgan fingerprint density at radius 1 is 1.09 bits per heavy atom. The fourth-order valence-corrected chi connectivity index (χ4v) is 4.55. The number of halogens is 4. The number of hydrogen-bond donors (Lipinski definition) is 3. The van der Waals surface area contributed by atoms with E-state index in [0.717, 1.165) is 29.1 Å². The Morgan fingerprint density at radius 3 is 2.43 bits per heavy atom. The van der Waals surface area contributed by atoms with Crippen LogP contribution in [-0.4, -0.2) is 58.5 Å². The van der Waals surface area contributed by atoms with Crippen LogP contribution in [0.15, 0.2) is 48.5 Å². The smallest absolute Gasteiger partial charge is 0.342 e. The fourth-order valence-electron chi connectivity index (χ4n) is 4.55. The van der Waals surface area contributed by atoms with Crippen LogP contribution in [0.1, 0.15) is 18.4 Å². The number of fused-ring (bicyclic) bond motifs is 1. The number of urea groups is 1. The van der Waals surface area contributed by atoms with Crippen molar-refractivity contribution in [1.29, 1.82) is 0 Å². The van der Waals surface area contributed by atoms with Crippen molar-refractivity contribution >= 4 is 47.0 Å². The number of aromatic amines is 1. The number of aromatic nitrogens is 2. The summed E-state index contributed by atoms with van der Waals surface area (Å²) in [5.41, 5.74) is 0.898. The standard InChI is InChI=1S/C23H23F3N6O2.ClH/c24-23(25,26)15-5-7-16(8-6-15)27-19(33)13-32-14-22(30-21(32)34)9-11-31(12-10-22)20-28-17-3-1-2-4-18(17)29-20;/h1-8H,9-14H2,(H,27,33)(H,28,29)(H,30,34);1H. The van der Waals surface area contributed by atoms with Gasteiger partial charge < -0.3 is 25.4 Å². The SMILES string of the molecule is Cl.O=C(CN1CC2(CCN(c3nc4ccccc4[nH]3)CC2)NC1=O)Nc1ccc(C(F)(F)F)cc1. The first-order valence-corrected chi connectivity index (χ1v) is 10.9. The second kappa shape index (κ2) is 9.29. The van der Waals surface area contributed by atoms with Crippen LogP contribution in [-0.2, 0) is 11.0 Å². The number of piperidine rings is 1. The highest BCUT2D eigenvalue weighted by Gasteiger charge is 2.45. The van der Waals surface area contributed by atoms with Crippen molar-refractivity contribution in [2.45, 2.75) is 24.6 Å². The molecule has 0 radical (unpaired) electrons. The molecule has 12 heteroatoms. The number of benzene rings is 2. The Morgan fingerprint density at radius 2 is 1.77 bits per heavy atom. The molecule has 8 nitrogen and oxygen atoms in total. The van der Waals surface area contributed by atoms with E-state index in [4.69, 9.17) is 0 Å². The molecule has 0 bridgehead atoms. The second-order valence-electron chi connectivity index (χ2n) is 8.75. The van der Waals surface area contributed by atoms with E-state index in [-0.39, 0.29) is 30.7 Å². The van der Waals surface area contributed by atoms with Crippen molar-refractivity contribution in [3.63, 3.8) is 0 Å². The van der Waals surface area contributed by atoms with Gasteiger partial charge in [-0.3, -0.25) is 4.79 Å². The summed E-state index contributed by atoms with van der Waals surface area (Å²) >= 11 is 0. The third kappa shape index (κ3) is 5.14. The number of para-hydroxylation sites is 2. The molecule has 3 heterocycles. The number of carbonyl (C=O) groups is 2. The van der Waals surface area contributed by atoms with Crippen molar-refractivity contribution in [3.8, 4) is 0 Å². The molecule has 0 atom stereocenters. The number of imidazole rings is 1. The van der Waals surface area contributed by atoms with Gasteiger partial charge in [-0.15, -0.1) is 12.4 Å². The molecule has 1 aromatic heterocycles. The predicted octanol–water partition coefficient (Wildman–Crippen LogP) is 4.01. The van der Waals surface area contributed by atoms with Crippen molar-refractivity contribution in [2.75, 3.05) is 36.4 Å². The van der Waals surface area contributed by atoms with Crippen molar-refractivity contribution < 1.29 is 22.8 Å². The average Bonchev–Trinajstić information content (AvgIpc) is 3.35. The monoisotopic (exact) mass is 508 g/mol. The number of hydrogen-bond acceptors (Lipinski definition) is 4. The van der Waals surface area contributed by atoms with Crippen LogP contribution in [0.25, 0.3) is 11.0 Å². The molecule has 5 rings (SSSR count). The number of amides is 3. The highest BCUT2D eigenvalue weighted by Crippen LogP contribution is 2.31. The van der Waals surface area contributed by atoms with Gasteiger partial charge in [0, 0.05) is 25.3 Å². The lowest BCUT2D eigenvalue weighted by Gasteiger charge is -2.38. The molecule has 2 saturated heterocycles. The van der Waals surface area contributed by atoms with Crippen LogP contribution < -0.4 is 15.5 Å². The van der Waals surface area contributed by atoms with E-state index in [0.29, 0.717) is 32.5 Å². The lowest BCUT2D eigenvalue weighted by Crippen LogP contribution is -2.52. The zero-order valence-electron chi connectivity index (χ0n) is 18.6. The zero-order chi connectivity index (χ0) is 23.9. The summed E-state index contributed by atoms with van der Waals surface area (Å²) in [4.78, 5) is 36.5. The lowest BCUT2D eigenvalue weighted by atomic mass is 9.88. The van der Waals surface area contributed by atoms with Crippen molar-refractivity contribution in [3.05, 3.63) is 54.1 Å². The molecule has 3 aromatic rings. The summed E-state index contributed by atoms with van der Waals surface area (Å²) < 4.78 is 38.1. The van der Waals surface area contributed by atoms with Crippen LogP contribution in [0.2, 0.25) is 0 Å². The van der Waals surface area contributed by atoms with Gasteiger partial charge in [0.05, 0.1) is 22.1 Å². The maximum Gasteiger partial charge on any atom is 0.416 e.